The van der Waals surface area contributed by atoms with Crippen LogP contribution in [0.3, 0.4) is 0 Å². The maximum absolute atomic E-state index is 14.5. The number of nitrogens with one attached hydrogen (secondary N) is 3. The van der Waals surface area contributed by atoms with Gasteiger partial charge in [0.25, 0.3) is 17.7 Å². The molecule has 23 nitrogen and oxygen atoms in total. The summed E-state index contributed by atoms with van der Waals surface area (Å²) in [6, 6.07) is 21.2. The number of methoxy groups -OCH3 is 3. The molecule has 3 N–H and O–H groups in total. The van der Waals surface area contributed by atoms with Crippen molar-refractivity contribution in [1.29, 1.82) is 0 Å². The highest BCUT2D eigenvalue weighted by molar-refractivity contribution is 8.00. The summed E-state index contributed by atoms with van der Waals surface area (Å²) in [5.41, 5.74) is 1.30. The van der Waals surface area contributed by atoms with E-state index in [9.17, 15) is 33.6 Å². The van der Waals surface area contributed by atoms with E-state index in [0.29, 0.717) is 51.5 Å². The number of ether oxygens (including phenoxy) is 7. The lowest BCUT2D eigenvalue weighted by Gasteiger charge is -2.50. The maximum atomic E-state index is 14.5. The first-order chi connectivity index (χ1) is 39.3. The monoisotopic (exact) mass is 1170 g/mol. The van der Waals surface area contributed by atoms with Crippen LogP contribution in [-0.2, 0) is 65.1 Å². The topological polar surface area (TPSA) is 263 Å². The average molecular weight is 1170 g/mol. The quantitative estimate of drug-likeness (QED) is 0.0167. The SMILES string of the molecule is COc1ccc(COC(=O)CO/N=C(\C(=O)NC2C(=O)N3C(C(=O)OCc4ccc(OC)cc4)=C(C[N+]4(CCNC(=O)c5cc(=O)c(OCc6ccc(OC)cc6)cn5C)CCCC4)CSC23)c2csc(NC(=O)OC(C)(C)C)n2)cc1. The van der Waals surface area contributed by atoms with Gasteiger partial charge in [-0.15, -0.1) is 23.1 Å². The zero-order valence-corrected chi connectivity index (χ0v) is 48.1. The van der Waals surface area contributed by atoms with Gasteiger partial charge >= 0.3 is 18.0 Å². The maximum Gasteiger partial charge on any atom is 0.413 e. The summed E-state index contributed by atoms with van der Waals surface area (Å²) >= 11 is 2.31. The third-order valence-corrected chi connectivity index (χ3v) is 15.5. The second kappa shape index (κ2) is 26.9. The molecule has 0 spiro atoms. The Morgan fingerprint density at radius 2 is 1.41 bits per heavy atom. The molecule has 0 bridgehead atoms. The van der Waals surface area contributed by atoms with E-state index in [2.05, 4.69) is 26.1 Å². The van der Waals surface area contributed by atoms with Gasteiger partial charge in [0.05, 0.1) is 53.7 Å². The van der Waals surface area contributed by atoms with Crippen molar-refractivity contribution >= 4 is 69.7 Å². The molecular formula is C57H65N8O15S2+. The molecule has 25 heteroatoms. The highest BCUT2D eigenvalue weighted by atomic mass is 32.2. The van der Waals surface area contributed by atoms with Gasteiger partial charge in [-0.05, 0) is 73.9 Å². The van der Waals surface area contributed by atoms with E-state index in [0.717, 1.165) is 42.8 Å². The molecule has 4 amide bonds. The van der Waals surface area contributed by atoms with E-state index in [1.54, 1.807) is 107 Å². The zero-order valence-electron chi connectivity index (χ0n) is 46.5. The Bertz CT molecular complexity index is 3260. The number of β-lactam (4-membered cyclic amide) rings is 1. The van der Waals surface area contributed by atoms with Crippen molar-refractivity contribution in [1.82, 2.24) is 25.1 Å². The third-order valence-electron chi connectivity index (χ3n) is 13.4. The second-order valence-corrected chi connectivity index (χ2v) is 22.4. The van der Waals surface area contributed by atoms with Crippen LogP contribution >= 0.6 is 23.1 Å². The summed E-state index contributed by atoms with van der Waals surface area (Å²) in [4.78, 5) is 107. The number of anilines is 1. The first-order valence-electron chi connectivity index (χ1n) is 26.2. The van der Waals surface area contributed by atoms with Crippen LogP contribution in [0.4, 0.5) is 9.93 Å². The van der Waals surface area contributed by atoms with Gasteiger partial charge in [0.15, 0.2) is 16.6 Å². The number of benzene rings is 3. The van der Waals surface area contributed by atoms with Crippen molar-refractivity contribution < 1.29 is 71.2 Å². The Morgan fingerprint density at radius 1 is 0.817 bits per heavy atom. The second-order valence-electron chi connectivity index (χ2n) is 20.4. The highest BCUT2D eigenvalue weighted by Crippen LogP contribution is 2.42. The van der Waals surface area contributed by atoms with Crippen LogP contribution in [0.1, 0.15) is 66.5 Å². The Hall–Kier alpha value is -8.42. The van der Waals surface area contributed by atoms with Gasteiger partial charge < -0.3 is 57.7 Å². The first-order valence-corrected chi connectivity index (χ1v) is 28.1. The molecule has 5 aromatic rings. The zero-order chi connectivity index (χ0) is 58.6. The van der Waals surface area contributed by atoms with E-state index < -0.39 is 70.5 Å². The largest absolute Gasteiger partial charge is 0.497 e. The number of aromatic nitrogens is 2. The number of esters is 2. The molecule has 0 radical (unpaired) electrons. The molecule has 3 aliphatic heterocycles. The molecule has 2 aromatic heterocycles. The molecule has 82 heavy (non-hydrogen) atoms. The number of fused-ring (bicyclic) bond motifs is 1. The van der Waals surface area contributed by atoms with Crippen LogP contribution in [0.25, 0.3) is 0 Å². The third kappa shape index (κ3) is 15.3. The average Bonchev–Trinajstić information content (AvgIpc) is 3.87. The number of aryl methyl sites for hydroxylation is 1. The summed E-state index contributed by atoms with van der Waals surface area (Å²) < 4.78 is 40.2. The molecule has 2 saturated heterocycles. The lowest BCUT2D eigenvalue weighted by atomic mass is 10.0. The number of oxime groups is 1. The van der Waals surface area contributed by atoms with Crippen LogP contribution in [0.2, 0.25) is 0 Å². The number of carbonyl (C=O) groups excluding carboxylic acids is 6. The summed E-state index contributed by atoms with van der Waals surface area (Å²) in [6.45, 7) is 6.83. The van der Waals surface area contributed by atoms with Crippen LogP contribution in [-0.4, -0.2) is 144 Å². The number of thioether (sulfide) groups is 1. The minimum atomic E-state index is -1.17. The van der Waals surface area contributed by atoms with Crippen molar-refractivity contribution in [2.75, 3.05) is 71.7 Å². The first kappa shape index (κ1) is 59.7. The normalized spacial score (nSPS) is 16.5. The van der Waals surface area contributed by atoms with E-state index in [4.69, 9.17) is 38.0 Å². The van der Waals surface area contributed by atoms with E-state index in [1.807, 2.05) is 12.1 Å². The van der Waals surface area contributed by atoms with Gasteiger partial charge in [0.1, 0.15) is 77.7 Å². The number of nitrogens with zero attached hydrogens (tertiary/aromatic N) is 5. The molecule has 0 saturated carbocycles. The van der Waals surface area contributed by atoms with E-state index >= 15 is 0 Å². The minimum Gasteiger partial charge on any atom is -0.497 e. The number of hydrogen-bond donors (Lipinski definition) is 3. The van der Waals surface area contributed by atoms with Crippen molar-refractivity contribution in [2.45, 2.75) is 70.5 Å². The molecule has 3 aliphatic rings. The fourth-order valence-corrected chi connectivity index (χ4v) is 11.3. The number of amides is 4. The Kier molecular flexibility index (Phi) is 19.6. The summed E-state index contributed by atoms with van der Waals surface area (Å²) in [5, 5.41) is 13.0. The number of pyridine rings is 1. The smallest absolute Gasteiger partial charge is 0.413 e. The van der Waals surface area contributed by atoms with Crippen LogP contribution in [0.5, 0.6) is 23.0 Å². The van der Waals surface area contributed by atoms with Crippen LogP contribution in [0, 0.1) is 0 Å². The van der Waals surface area contributed by atoms with Crippen molar-refractivity contribution in [3.05, 3.63) is 140 Å². The van der Waals surface area contributed by atoms with Crippen molar-refractivity contribution in [3.63, 3.8) is 0 Å². The lowest BCUT2D eigenvalue weighted by Crippen LogP contribution is -2.71. The van der Waals surface area contributed by atoms with Gasteiger partial charge in [0.2, 0.25) is 12.0 Å². The summed E-state index contributed by atoms with van der Waals surface area (Å²) in [5.74, 6) is -1.19. The molecule has 5 heterocycles. The van der Waals surface area contributed by atoms with E-state index in [1.165, 1.54) is 41.4 Å². The van der Waals surface area contributed by atoms with Gasteiger partial charge in [0, 0.05) is 42.7 Å². The molecule has 2 fully saturated rings. The number of likely N-dealkylation sites (tertiary alicyclic amines) is 1. The fourth-order valence-electron chi connectivity index (χ4n) is 9.25. The number of thiazole rings is 1. The van der Waals surface area contributed by atoms with Crippen molar-refractivity contribution in [3.8, 4) is 23.0 Å². The van der Waals surface area contributed by atoms with Crippen LogP contribution in [0.15, 0.2) is 112 Å². The summed E-state index contributed by atoms with van der Waals surface area (Å²) in [6.07, 6.45) is 2.45. The molecular weight excluding hydrogens is 1100 g/mol. The molecule has 434 valence electrons. The van der Waals surface area contributed by atoms with Crippen molar-refractivity contribution in [2.24, 2.45) is 12.2 Å². The Labute approximate surface area is 481 Å². The number of rotatable bonds is 24. The minimum absolute atomic E-state index is 0.0543. The molecule has 2 atom stereocenters. The lowest BCUT2D eigenvalue weighted by molar-refractivity contribution is -0.911. The molecule has 2 unspecified atom stereocenters. The molecule has 0 aliphatic carbocycles. The Balaban J connectivity index is 0.976. The number of hydrogen-bond acceptors (Lipinski definition) is 19. The predicted molar refractivity (Wildman–Crippen MR) is 302 cm³/mol. The highest BCUT2D eigenvalue weighted by Gasteiger charge is 2.55. The molecule has 3 aromatic carbocycles. The van der Waals surface area contributed by atoms with Gasteiger partial charge in [-0.3, -0.25) is 29.4 Å². The van der Waals surface area contributed by atoms with Gasteiger partial charge in [-0.25, -0.2) is 19.4 Å². The number of quaternary nitrogens is 1. The fraction of sp³-hybridized carbons (Fsp3) is 0.386. The van der Waals surface area contributed by atoms with Gasteiger partial charge in [-0.2, -0.15) is 0 Å². The van der Waals surface area contributed by atoms with E-state index in [-0.39, 0.29) is 60.1 Å². The van der Waals surface area contributed by atoms with Gasteiger partial charge in [-0.1, -0.05) is 41.6 Å². The standard InChI is InChI=1S/C57H64N8O15S2/c1-57(2,3)80-56(72)61-55-59-42(34-82-55)47(62-79-32-46(67)77-30-36-12-18-40(74-6)19-13-36)51(69)60-48-52(70)64-49(54(71)78-31-37-14-20-41(75-7)21-15-37)38(33-81-53(48)64)28-65(23-8-9-24-65)25-22-58-50(68)43-26-44(66)45(27-63(43)4)76-29-35-10-16-39(73-5)17-11-35/h10-21,26-27,34,48,53H,8-9,22-25,28-33H2,1-7H3,(H2-,58,59,60,61,68,69,72)/p+1/b62-47-. The predicted octanol–water partition coefficient (Wildman–Crippen LogP) is 5.70. The Morgan fingerprint density at radius 3 is 2.01 bits per heavy atom. The number of carbonyl (C=O) groups is 6. The molecule has 8 rings (SSSR count). The summed E-state index contributed by atoms with van der Waals surface area (Å²) in [7, 11) is 6.31. The van der Waals surface area contributed by atoms with Crippen LogP contribution < -0.4 is 40.3 Å².